The van der Waals surface area contributed by atoms with Gasteiger partial charge in [0.25, 0.3) is 10.0 Å². The quantitative estimate of drug-likeness (QED) is 0.359. The molecule has 0 unspecified atom stereocenters. The molecule has 1 N–H and O–H groups in total. The minimum absolute atomic E-state index is 0.0760. The number of sulfonamides is 1. The lowest BCUT2D eigenvalue weighted by atomic mass is 10.1. The van der Waals surface area contributed by atoms with E-state index in [1.165, 1.54) is 17.0 Å². The highest BCUT2D eigenvalue weighted by atomic mass is 32.2. The van der Waals surface area contributed by atoms with Crippen LogP contribution in [-0.4, -0.2) is 51.4 Å². The van der Waals surface area contributed by atoms with E-state index in [9.17, 15) is 18.0 Å². The molecule has 9 heteroatoms. The second-order valence-corrected chi connectivity index (χ2v) is 11.2. The summed E-state index contributed by atoms with van der Waals surface area (Å²) in [6.45, 7) is 7.44. The minimum Gasteiger partial charge on any atom is -0.497 e. The molecule has 3 aromatic carbocycles. The van der Waals surface area contributed by atoms with Crippen molar-refractivity contribution in [2.24, 2.45) is 0 Å². The van der Waals surface area contributed by atoms with Crippen molar-refractivity contribution in [1.29, 1.82) is 0 Å². The normalized spacial score (nSPS) is 11.9. The maximum absolute atomic E-state index is 14.1. The molecule has 0 aliphatic heterocycles. The number of amides is 2. The fraction of sp³-hybridized carbons (Fsp3) is 0.333. The van der Waals surface area contributed by atoms with Gasteiger partial charge in [-0.15, -0.1) is 0 Å². The molecule has 0 bridgehead atoms. The van der Waals surface area contributed by atoms with Crippen LogP contribution < -0.4 is 14.4 Å². The number of rotatable bonds is 12. The molecule has 3 rings (SSSR count). The van der Waals surface area contributed by atoms with Crippen LogP contribution in [0.25, 0.3) is 0 Å². The summed E-state index contributed by atoms with van der Waals surface area (Å²) in [7, 11) is -2.54. The van der Waals surface area contributed by atoms with E-state index < -0.39 is 28.5 Å². The molecule has 0 saturated carbocycles. The summed E-state index contributed by atoms with van der Waals surface area (Å²) in [4.78, 5) is 28.6. The number of nitrogens with zero attached hydrogens (tertiary/aromatic N) is 2. The van der Waals surface area contributed by atoms with E-state index >= 15 is 0 Å². The second-order valence-electron chi connectivity index (χ2n) is 9.36. The number of hydrogen-bond acceptors (Lipinski definition) is 5. The highest BCUT2D eigenvalue weighted by Gasteiger charge is 2.33. The zero-order chi connectivity index (χ0) is 28.6. The van der Waals surface area contributed by atoms with Gasteiger partial charge in [0.1, 0.15) is 18.3 Å². The molecule has 1 atom stereocenters. The first-order valence-corrected chi connectivity index (χ1v) is 14.4. The highest BCUT2D eigenvalue weighted by molar-refractivity contribution is 7.92. The van der Waals surface area contributed by atoms with Gasteiger partial charge in [-0.2, -0.15) is 0 Å². The molecule has 208 valence electrons. The van der Waals surface area contributed by atoms with E-state index in [1.54, 1.807) is 49.6 Å². The first-order chi connectivity index (χ1) is 18.6. The summed E-state index contributed by atoms with van der Waals surface area (Å²) in [5, 5.41) is 2.81. The van der Waals surface area contributed by atoms with Crippen molar-refractivity contribution in [1.82, 2.24) is 10.2 Å². The van der Waals surface area contributed by atoms with Crippen LogP contribution in [0.15, 0.2) is 77.7 Å². The average Bonchev–Trinajstić information content (AvgIpc) is 2.91. The minimum atomic E-state index is -4.10. The maximum atomic E-state index is 14.1. The number of carbonyl (C=O) groups is 2. The van der Waals surface area contributed by atoms with E-state index in [1.807, 2.05) is 45.9 Å². The van der Waals surface area contributed by atoms with Gasteiger partial charge in [-0.05, 0) is 80.3 Å². The Kier molecular flexibility index (Phi) is 10.1. The van der Waals surface area contributed by atoms with Gasteiger partial charge in [0.05, 0.1) is 17.7 Å². The molecule has 0 fully saturated rings. The molecule has 39 heavy (non-hydrogen) atoms. The molecule has 0 saturated heterocycles. The fourth-order valence-electron chi connectivity index (χ4n) is 4.52. The number of ether oxygens (including phenoxy) is 1. The molecule has 0 aliphatic rings. The number of hydrogen-bond donors (Lipinski definition) is 1. The number of anilines is 1. The van der Waals surface area contributed by atoms with Crippen LogP contribution in [0.1, 0.15) is 37.0 Å². The van der Waals surface area contributed by atoms with Crippen molar-refractivity contribution >= 4 is 27.5 Å². The zero-order valence-electron chi connectivity index (χ0n) is 23.2. The predicted molar refractivity (Wildman–Crippen MR) is 153 cm³/mol. The lowest BCUT2D eigenvalue weighted by Gasteiger charge is -2.33. The van der Waals surface area contributed by atoms with Crippen LogP contribution in [0.2, 0.25) is 0 Å². The number of benzene rings is 3. The van der Waals surface area contributed by atoms with Gasteiger partial charge in [0, 0.05) is 13.1 Å². The van der Waals surface area contributed by atoms with Gasteiger partial charge in [-0.1, -0.05) is 43.3 Å². The number of likely N-dealkylation sites (N-methyl/N-ethyl adjacent to an activating group) is 1. The highest BCUT2D eigenvalue weighted by Crippen LogP contribution is 2.27. The molecular formula is C30H37N3O5S. The third-order valence-electron chi connectivity index (χ3n) is 6.33. The van der Waals surface area contributed by atoms with Crippen molar-refractivity contribution < 1.29 is 22.7 Å². The van der Waals surface area contributed by atoms with Gasteiger partial charge in [-0.25, -0.2) is 8.42 Å². The monoisotopic (exact) mass is 551 g/mol. The molecule has 0 aliphatic carbocycles. The van der Waals surface area contributed by atoms with E-state index in [0.717, 1.165) is 21.0 Å². The summed E-state index contributed by atoms with van der Waals surface area (Å²) in [5.41, 5.74) is 2.88. The Morgan fingerprint density at radius 1 is 0.923 bits per heavy atom. The molecule has 8 nitrogen and oxygen atoms in total. The first kappa shape index (κ1) is 29.7. The van der Waals surface area contributed by atoms with Gasteiger partial charge in [0.2, 0.25) is 11.8 Å². The lowest BCUT2D eigenvalue weighted by molar-refractivity contribution is -0.140. The summed E-state index contributed by atoms with van der Waals surface area (Å²) in [6.07, 6.45) is 0.358. The number of methoxy groups -OCH3 is 1. The average molecular weight is 552 g/mol. The third kappa shape index (κ3) is 7.38. The van der Waals surface area contributed by atoms with E-state index in [2.05, 4.69) is 5.32 Å². The van der Waals surface area contributed by atoms with Crippen LogP contribution in [0, 0.1) is 13.8 Å². The molecule has 0 aromatic heterocycles. The first-order valence-electron chi connectivity index (χ1n) is 13.0. The Morgan fingerprint density at radius 2 is 1.59 bits per heavy atom. The molecule has 0 spiro atoms. The van der Waals surface area contributed by atoms with Crippen LogP contribution in [0.5, 0.6) is 5.75 Å². The number of carbonyl (C=O) groups excluding carboxylic acids is 2. The standard InChI is InChI=1S/C30H37N3O5S/c1-6-28(30(35)31-7-2)32(20-24-12-11-13-26(19-24)38-5)29(34)21-33(25-17-22(3)16-23(4)18-25)39(36,37)27-14-9-8-10-15-27/h8-19,28H,6-7,20-21H2,1-5H3,(H,31,35)/t28-/m1/s1. The Balaban J connectivity index is 2.09. The van der Waals surface area contributed by atoms with Crippen molar-refractivity contribution in [3.63, 3.8) is 0 Å². The van der Waals surface area contributed by atoms with Crippen molar-refractivity contribution in [3.8, 4) is 5.75 Å². The smallest absolute Gasteiger partial charge is 0.264 e. The van der Waals surface area contributed by atoms with Crippen LogP contribution in [0.3, 0.4) is 0 Å². The number of aryl methyl sites for hydroxylation is 2. The molecule has 0 radical (unpaired) electrons. The van der Waals surface area contributed by atoms with Crippen molar-refractivity contribution in [2.45, 2.75) is 51.6 Å². The van der Waals surface area contributed by atoms with Crippen LogP contribution >= 0.6 is 0 Å². The van der Waals surface area contributed by atoms with Crippen molar-refractivity contribution in [3.05, 3.63) is 89.5 Å². The predicted octanol–water partition coefficient (Wildman–Crippen LogP) is 4.45. The summed E-state index contributed by atoms with van der Waals surface area (Å²) in [5.74, 6) is -0.163. The van der Waals surface area contributed by atoms with Crippen LogP contribution in [-0.2, 0) is 26.2 Å². The van der Waals surface area contributed by atoms with E-state index in [0.29, 0.717) is 24.4 Å². The lowest BCUT2D eigenvalue weighted by Crippen LogP contribution is -2.52. The van der Waals surface area contributed by atoms with Gasteiger partial charge in [-0.3, -0.25) is 13.9 Å². The molecule has 2 amide bonds. The van der Waals surface area contributed by atoms with Gasteiger partial charge in [0.15, 0.2) is 0 Å². The Morgan fingerprint density at radius 3 is 2.18 bits per heavy atom. The Hall–Kier alpha value is -3.85. The maximum Gasteiger partial charge on any atom is 0.264 e. The van der Waals surface area contributed by atoms with Gasteiger partial charge >= 0.3 is 0 Å². The van der Waals surface area contributed by atoms with Crippen LogP contribution in [0.4, 0.5) is 5.69 Å². The summed E-state index contributed by atoms with van der Waals surface area (Å²) in [6, 6.07) is 19.9. The van der Waals surface area contributed by atoms with E-state index in [4.69, 9.17) is 4.74 Å². The summed E-state index contributed by atoms with van der Waals surface area (Å²) >= 11 is 0. The second kappa shape index (κ2) is 13.3. The molecule has 3 aromatic rings. The molecular weight excluding hydrogens is 514 g/mol. The van der Waals surface area contributed by atoms with E-state index in [-0.39, 0.29) is 17.3 Å². The SMILES string of the molecule is CCNC(=O)[C@@H](CC)N(Cc1cccc(OC)c1)C(=O)CN(c1cc(C)cc(C)c1)S(=O)(=O)c1ccccc1. The van der Waals surface area contributed by atoms with Gasteiger partial charge < -0.3 is 15.0 Å². The largest absolute Gasteiger partial charge is 0.497 e. The Bertz CT molecular complexity index is 1370. The Labute approximate surface area is 231 Å². The number of nitrogens with one attached hydrogen (secondary N) is 1. The topological polar surface area (TPSA) is 96.0 Å². The molecule has 0 heterocycles. The third-order valence-corrected chi connectivity index (χ3v) is 8.12. The zero-order valence-corrected chi connectivity index (χ0v) is 24.0. The fourth-order valence-corrected chi connectivity index (χ4v) is 5.94. The van der Waals surface area contributed by atoms with Crippen molar-refractivity contribution in [2.75, 3.05) is 24.5 Å². The summed E-state index contributed by atoms with van der Waals surface area (Å²) < 4.78 is 34.3.